The van der Waals surface area contributed by atoms with E-state index in [4.69, 9.17) is 0 Å². The second-order valence-corrected chi connectivity index (χ2v) is 6.33. The minimum atomic E-state index is -0.949. The van der Waals surface area contributed by atoms with E-state index in [0.717, 1.165) is 5.69 Å². The minimum Gasteiger partial charge on any atom is -0.481 e. The van der Waals surface area contributed by atoms with Gasteiger partial charge in [-0.3, -0.25) is 19.1 Å². The smallest absolute Gasteiger partial charge is 0.309 e. The summed E-state index contributed by atoms with van der Waals surface area (Å²) >= 11 is 0. The number of carboxylic acid groups (broad SMARTS) is 1. The van der Waals surface area contributed by atoms with Crippen molar-refractivity contribution in [3.05, 3.63) is 18.0 Å². The molecule has 2 fully saturated rings. The first kappa shape index (κ1) is 15.5. The molecule has 2 N–H and O–H groups in total. The molecule has 2 aliphatic heterocycles. The van der Waals surface area contributed by atoms with Gasteiger partial charge in [-0.2, -0.15) is 5.10 Å². The van der Waals surface area contributed by atoms with Crippen molar-refractivity contribution < 1.29 is 19.5 Å². The topological polar surface area (TPSA) is 105 Å². The lowest BCUT2D eigenvalue weighted by Crippen LogP contribution is -2.56. The van der Waals surface area contributed by atoms with Gasteiger partial charge in [-0.05, 0) is 25.8 Å². The standard InChI is InChI=1S/C15H20N4O4/c1-10-2-5-19(17-10)9-13(21)18-6-3-15(4-7-18)11(14(22)23)8-12(20)16-15/h2,5,11H,3-4,6-9H2,1H3,(H,16,20)(H,22,23). The molecule has 0 radical (unpaired) electrons. The number of aliphatic carboxylic acids is 1. The first-order chi connectivity index (χ1) is 10.9. The van der Waals surface area contributed by atoms with E-state index in [0.29, 0.717) is 25.9 Å². The van der Waals surface area contributed by atoms with E-state index in [2.05, 4.69) is 10.4 Å². The summed E-state index contributed by atoms with van der Waals surface area (Å²) in [5.41, 5.74) is 0.149. The van der Waals surface area contributed by atoms with Crippen LogP contribution in [-0.2, 0) is 20.9 Å². The maximum Gasteiger partial charge on any atom is 0.309 e. The second-order valence-electron chi connectivity index (χ2n) is 6.33. The minimum absolute atomic E-state index is 0.0237. The van der Waals surface area contributed by atoms with E-state index < -0.39 is 17.4 Å². The number of likely N-dealkylation sites (tertiary alicyclic amines) is 1. The summed E-state index contributed by atoms with van der Waals surface area (Å²) in [6.45, 7) is 2.93. The van der Waals surface area contributed by atoms with Crippen molar-refractivity contribution in [2.45, 2.75) is 38.3 Å². The first-order valence-corrected chi connectivity index (χ1v) is 7.71. The largest absolute Gasteiger partial charge is 0.481 e. The molecule has 0 aromatic carbocycles. The van der Waals surface area contributed by atoms with Crippen LogP contribution in [0.4, 0.5) is 0 Å². The fourth-order valence-corrected chi connectivity index (χ4v) is 3.54. The number of hydrogen-bond acceptors (Lipinski definition) is 4. The summed E-state index contributed by atoms with van der Waals surface area (Å²) in [6.07, 6.45) is 2.73. The maximum absolute atomic E-state index is 12.3. The maximum atomic E-state index is 12.3. The fourth-order valence-electron chi connectivity index (χ4n) is 3.54. The Labute approximate surface area is 133 Å². The third-order valence-electron chi connectivity index (χ3n) is 4.82. The molecule has 0 saturated carbocycles. The normalized spacial score (nSPS) is 23.1. The van der Waals surface area contributed by atoms with E-state index in [1.165, 1.54) is 0 Å². The van der Waals surface area contributed by atoms with E-state index >= 15 is 0 Å². The van der Waals surface area contributed by atoms with Gasteiger partial charge >= 0.3 is 5.97 Å². The molecule has 3 heterocycles. The number of carbonyl (C=O) groups is 3. The molecule has 1 aromatic rings. The Balaban J connectivity index is 1.62. The van der Waals surface area contributed by atoms with Crippen molar-refractivity contribution in [1.82, 2.24) is 20.0 Å². The zero-order valence-corrected chi connectivity index (χ0v) is 13.0. The van der Waals surface area contributed by atoms with Crippen LogP contribution in [0.25, 0.3) is 0 Å². The van der Waals surface area contributed by atoms with E-state index in [1.807, 2.05) is 13.0 Å². The van der Waals surface area contributed by atoms with Gasteiger partial charge in [0.05, 0.1) is 17.2 Å². The third kappa shape index (κ3) is 2.93. The highest BCUT2D eigenvalue weighted by Crippen LogP contribution is 2.36. The summed E-state index contributed by atoms with van der Waals surface area (Å²) in [5, 5.41) is 16.4. The molecule has 0 aliphatic carbocycles. The average molecular weight is 320 g/mol. The van der Waals surface area contributed by atoms with Gasteiger partial charge in [0.2, 0.25) is 11.8 Å². The lowest BCUT2D eigenvalue weighted by Gasteiger charge is -2.41. The summed E-state index contributed by atoms with van der Waals surface area (Å²) < 4.78 is 1.60. The lowest BCUT2D eigenvalue weighted by molar-refractivity contribution is -0.145. The summed E-state index contributed by atoms with van der Waals surface area (Å²) in [5.74, 6) is -1.92. The van der Waals surface area contributed by atoms with Gasteiger partial charge in [0.15, 0.2) is 0 Å². The molecule has 8 heteroatoms. The molecular weight excluding hydrogens is 300 g/mol. The highest BCUT2D eigenvalue weighted by Gasteiger charge is 2.51. The Morgan fingerprint density at radius 2 is 2.13 bits per heavy atom. The van der Waals surface area contributed by atoms with Crippen molar-refractivity contribution in [2.24, 2.45) is 5.92 Å². The third-order valence-corrected chi connectivity index (χ3v) is 4.82. The number of hydrogen-bond donors (Lipinski definition) is 2. The number of aromatic nitrogens is 2. The van der Waals surface area contributed by atoms with Gasteiger partial charge in [-0.1, -0.05) is 0 Å². The molecule has 1 unspecified atom stereocenters. The molecule has 2 aliphatic rings. The van der Waals surface area contributed by atoms with Crippen LogP contribution < -0.4 is 5.32 Å². The Bertz CT molecular complexity index is 646. The highest BCUT2D eigenvalue weighted by atomic mass is 16.4. The predicted molar refractivity (Wildman–Crippen MR) is 79.4 cm³/mol. The van der Waals surface area contributed by atoms with Crippen LogP contribution >= 0.6 is 0 Å². The van der Waals surface area contributed by atoms with E-state index in [1.54, 1.807) is 15.8 Å². The van der Waals surface area contributed by atoms with Crippen LogP contribution in [0.2, 0.25) is 0 Å². The first-order valence-electron chi connectivity index (χ1n) is 7.71. The number of carboxylic acids is 1. The number of aryl methyl sites for hydroxylation is 1. The van der Waals surface area contributed by atoms with Crippen LogP contribution in [-0.4, -0.2) is 56.2 Å². The van der Waals surface area contributed by atoms with Crippen LogP contribution in [0.1, 0.15) is 25.0 Å². The summed E-state index contributed by atoms with van der Waals surface area (Å²) in [7, 11) is 0. The van der Waals surface area contributed by atoms with Gasteiger partial charge in [0, 0.05) is 25.7 Å². The van der Waals surface area contributed by atoms with Crippen LogP contribution in [0.5, 0.6) is 0 Å². The fraction of sp³-hybridized carbons (Fsp3) is 0.600. The molecule has 1 atom stereocenters. The summed E-state index contributed by atoms with van der Waals surface area (Å²) in [4.78, 5) is 37.1. The van der Waals surface area contributed by atoms with E-state index in [9.17, 15) is 19.5 Å². The molecule has 0 bridgehead atoms. The second kappa shape index (κ2) is 5.68. The molecule has 1 aromatic heterocycles. The Morgan fingerprint density at radius 3 is 2.70 bits per heavy atom. The van der Waals surface area contributed by atoms with Crippen LogP contribution in [0.3, 0.4) is 0 Å². The molecule has 3 rings (SSSR count). The Kier molecular flexibility index (Phi) is 3.83. The van der Waals surface area contributed by atoms with Gasteiger partial charge in [0.25, 0.3) is 0 Å². The number of nitrogens with one attached hydrogen (secondary N) is 1. The monoisotopic (exact) mass is 320 g/mol. The van der Waals surface area contributed by atoms with Gasteiger partial charge in [-0.25, -0.2) is 0 Å². The Morgan fingerprint density at radius 1 is 1.43 bits per heavy atom. The number of carbonyl (C=O) groups excluding carboxylic acids is 2. The quantitative estimate of drug-likeness (QED) is 0.801. The average Bonchev–Trinajstić information content (AvgIpc) is 3.03. The predicted octanol–water partition coefficient (Wildman–Crippen LogP) is -0.227. The number of nitrogens with zero attached hydrogens (tertiary/aromatic N) is 3. The van der Waals surface area contributed by atoms with Crippen molar-refractivity contribution >= 4 is 17.8 Å². The van der Waals surface area contributed by atoms with Gasteiger partial charge in [-0.15, -0.1) is 0 Å². The molecule has 2 amide bonds. The zero-order valence-electron chi connectivity index (χ0n) is 13.0. The molecule has 124 valence electrons. The van der Waals surface area contributed by atoms with Crippen LogP contribution in [0.15, 0.2) is 12.3 Å². The SMILES string of the molecule is Cc1ccn(CC(=O)N2CCC3(CC2)NC(=O)CC3C(=O)O)n1. The molecule has 2 saturated heterocycles. The van der Waals surface area contributed by atoms with Crippen molar-refractivity contribution in [2.75, 3.05) is 13.1 Å². The molecular formula is C15H20N4O4. The van der Waals surface area contributed by atoms with Crippen molar-refractivity contribution in [1.29, 1.82) is 0 Å². The number of rotatable bonds is 3. The zero-order chi connectivity index (χ0) is 16.6. The molecule has 8 nitrogen and oxygen atoms in total. The van der Waals surface area contributed by atoms with Gasteiger partial charge in [0.1, 0.15) is 6.54 Å². The number of piperidine rings is 1. The number of amides is 2. The van der Waals surface area contributed by atoms with E-state index in [-0.39, 0.29) is 24.8 Å². The Hall–Kier alpha value is -2.38. The lowest BCUT2D eigenvalue weighted by atomic mass is 9.77. The molecule has 23 heavy (non-hydrogen) atoms. The van der Waals surface area contributed by atoms with Crippen molar-refractivity contribution in [3.8, 4) is 0 Å². The molecule has 1 spiro atoms. The van der Waals surface area contributed by atoms with Crippen LogP contribution in [0, 0.1) is 12.8 Å². The van der Waals surface area contributed by atoms with Gasteiger partial charge < -0.3 is 15.3 Å². The highest BCUT2D eigenvalue weighted by molar-refractivity contribution is 5.88. The van der Waals surface area contributed by atoms with Crippen molar-refractivity contribution in [3.63, 3.8) is 0 Å². The summed E-state index contributed by atoms with van der Waals surface area (Å²) in [6, 6.07) is 1.84.